The molecule has 6 nitrogen and oxygen atoms in total. The van der Waals surface area contributed by atoms with Crippen LogP contribution in [0, 0.1) is 0 Å². The molecule has 1 aliphatic heterocycles. The summed E-state index contributed by atoms with van der Waals surface area (Å²) in [6.07, 6.45) is 3.59. The van der Waals surface area contributed by atoms with Crippen molar-refractivity contribution in [1.82, 2.24) is 10.2 Å². The van der Waals surface area contributed by atoms with Gasteiger partial charge in [0, 0.05) is 11.7 Å². The molecule has 0 bridgehead atoms. The van der Waals surface area contributed by atoms with Crippen LogP contribution in [-0.4, -0.2) is 27.3 Å². The second kappa shape index (κ2) is 5.40. The van der Waals surface area contributed by atoms with Crippen molar-refractivity contribution in [3.8, 4) is 0 Å². The molecule has 0 spiro atoms. The highest BCUT2D eigenvalue weighted by Crippen LogP contribution is 2.36. The molecule has 2 aromatic rings. The fraction of sp³-hybridized carbons (Fsp3) is 0.267. The minimum Gasteiger partial charge on any atom is -0.409 e. The number of hydrogen-bond acceptors (Lipinski definition) is 5. The second-order valence-electron chi connectivity index (χ2n) is 5.14. The van der Waals surface area contributed by atoms with E-state index in [4.69, 9.17) is 10.9 Å². The predicted molar refractivity (Wildman–Crippen MR) is 80.9 cm³/mol. The summed E-state index contributed by atoms with van der Waals surface area (Å²) in [6, 6.07) is 10.2. The number of amidine groups is 1. The number of hydrogen-bond donors (Lipinski definition) is 2. The molecule has 108 valence electrons. The number of anilines is 2. The van der Waals surface area contributed by atoms with E-state index in [9.17, 15) is 0 Å². The molecular weight excluding hydrogens is 266 g/mol. The summed E-state index contributed by atoms with van der Waals surface area (Å²) in [5.74, 6) is 0.655. The fourth-order valence-corrected chi connectivity index (χ4v) is 2.77. The lowest BCUT2D eigenvalue weighted by Gasteiger charge is -2.36. The van der Waals surface area contributed by atoms with Crippen LogP contribution in [0.5, 0.6) is 0 Å². The largest absolute Gasteiger partial charge is 0.409 e. The fourth-order valence-electron chi connectivity index (χ4n) is 2.77. The third-order valence-corrected chi connectivity index (χ3v) is 3.84. The maximum Gasteiger partial charge on any atom is 0.173 e. The molecule has 1 atom stereocenters. The summed E-state index contributed by atoms with van der Waals surface area (Å²) < 4.78 is 0. The Balaban J connectivity index is 2.17. The lowest BCUT2D eigenvalue weighted by molar-refractivity contribution is 0.318. The second-order valence-corrected chi connectivity index (χ2v) is 5.14. The van der Waals surface area contributed by atoms with Gasteiger partial charge >= 0.3 is 0 Å². The normalized spacial score (nSPS) is 18.4. The van der Waals surface area contributed by atoms with E-state index >= 15 is 0 Å². The van der Waals surface area contributed by atoms with Gasteiger partial charge < -0.3 is 15.8 Å². The van der Waals surface area contributed by atoms with Crippen molar-refractivity contribution in [3.63, 3.8) is 0 Å². The number of rotatable bonds is 2. The number of oxime groups is 1. The maximum absolute atomic E-state index is 8.97. The van der Waals surface area contributed by atoms with Gasteiger partial charge in [0.25, 0.3) is 0 Å². The Hall–Kier alpha value is -2.63. The van der Waals surface area contributed by atoms with Crippen LogP contribution < -0.4 is 10.6 Å². The molecule has 1 aliphatic rings. The Morgan fingerprint density at radius 2 is 2.19 bits per heavy atom. The molecule has 21 heavy (non-hydrogen) atoms. The van der Waals surface area contributed by atoms with Gasteiger partial charge in [-0.3, -0.25) is 0 Å². The standard InChI is InChI=1S/C15H17N5O/c1-10-6-7-11-4-2-3-5-13(11)20(10)15-12(14(16)19-21)8-9-17-18-15/h2-5,8-10,21H,6-7H2,1H3,(H2,16,19). The average molecular weight is 283 g/mol. The van der Waals surface area contributed by atoms with Crippen molar-refractivity contribution >= 4 is 17.3 Å². The van der Waals surface area contributed by atoms with Crippen LogP contribution in [0.4, 0.5) is 11.5 Å². The zero-order valence-corrected chi connectivity index (χ0v) is 11.8. The molecule has 1 unspecified atom stereocenters. The summed E-state index contributed by atoms with van der Waals surface area (Å²) in [5, 5.41) is 20.2. The Kier molecular flexibility index (Phi) is 3.43. The average Bonchev–Trinajstić information content (AvgIpc) is 2.54. The minimum atomic E-state index is 0.0372. The first-order valence-electron chi connectivity index (χ1n) is 6.89. The van der Waals surface area contributed by atoms with Crippen molar-refractivity contribution in [2.45, 2.75) is 25.8 Å². The predicted octanol–water partition coefficient (Wildman–Crippen LogP) is 2.04. The van der Waals surface area contributed by atoms with Crippen molar-refractivity contribution in [3.05, 3.63) is 47.7 Å². The Morgan fingerprint density at radius 1 is 1.38 bits per heavy atom. The number of nitrogens with zero attached hydrogens (tertiary/aromatic N) is 4. The van der Waals surface area contributed by atoms with Gasteiger partial charge in [-0.2, -0.15) is 5.10 Å². The third kappa shape index (κ3) is 2.29. The van der Waals surface area contributed by atoms with Gasteiger partial charge in [0.15, 0.2) is 11.7 Å². The van der Waals surface area contributed by atoms with E-state index in [1.165, 1.54) is 11.8 Å². The number of benzene rings is 1. The molecule has 6 heteroatoms. The zero-order chi connectivity index (χ0) is 14.8. The number of aromatic nitrogens is 2. The molecule has 0 amide bonds. The number of nitrogens with two attached hydrogens (primary N) is 1. The van der Waals surface area contributed by atoms with Crippen molar-refractivity contribution < 1.29 is 5.21 Å². The summed E-state index contributed by atoms with van der Waals surface area (Å²) in [4.78, 5) is 2.11. The zero-order valence-electron chi connectivity index (χ0n) is 11.8. The molecule has 3 rings (SSSR count). The highest BCUT2D eigenvalue weighted by Gasteiger charge is 2.27. The van der Waals surface area contributed by atoms with Crippen molar-refractivity contribution in [2.75, 3.05) is 4.90 Å². The van der Waals surface area contributed by atoms with Crippen LogP contribution in [-0.2, 0) is 6.42 Å². The van der Waals surface area contributed by atoms with Crippen molar-refractivity contribution in [1.29, 1.82) is 0 Å². The van der Waals surface area contributed by atoms with Gasteiger partial charge in [0.2, 0.25) is 0 Å². The van der Waals surface area contributed by atoms with E-state index in [2.05, 4.69) is 39.3 Å². The monoisotopic (exact) mass is 283 g/mol. The lowest BCUT2D eigenvalue weighted by atomic mass is 9.96. The lowest BCUT2D eigenvalue weighted by Crippen LogP contribution is -2.35. The van der Waals surface area contributed by atoms with E-state index in [1.54, 1.807) is 6.07 Å². The molecule has 3 N–H and O–H groups in total. The van der Waals surface area contributed by atoms with E-state index in [0.29, 0.717) is 11.4 Å². The van der Waals surface area contributed by atoms with E-state index in [0.717, 1.165) is 18.5 Å². The Morgan fingerprint density at radius 3 is 3.00 bits per heavy atom. The first-order chi connectivity index (χ1) is 10.2. The number of aryl methyl sites for hydroxylation is 1. The molecule has 2 heterocycles. The quantitative estimate of drug-likeness (QED) is 0.381. The molecule has 0 saturated heterocycles. The Labute approximate surface area is 122 Å². The van der Waals surface area contributed by atoms with Crippen LogP contribution in [0.3, 0.4) is 0 Å². The Bertz CT molecular complexity index is 685. The highest BCUT2D eigenvalue weighted by molar-refractivity contribution is 6.02. The molecule has 0 fully saturated rings. The molecule has 1 aromatic heterocycles. The van der Waals surface area contributed by atoms with Crippen LogP contribution in [0.15, 0.2) is 41.7 Å². The minimum absolute atomic E-state index is 0.0372. The topological polar surface area (TPSA) is 87.6 Å². The molecule has 0 radical (unpaired) electrons. The SMILES string of the molecule is CC1CCc2ccccc2N1c1nnccc1/C(N)=N/O. The van der Waals surface area contributed by atoms with Crippen molar-refractivity contribution in [2.24, 2.45) is 10.9 Å². The summed E-state index contributed by atoms with van der Waals surface area (Å²) in [7, 11) is 0. The number of para-hydroxylation sites is 1. The number of fused-ring (bicyclic) bond motifs is 1. The molecular formula is C15H17N5O. The smallest absolute Gasteiger partial charge is 0.173 e. The van der Waals surface area contributed by atoms with E-state index in [1.807, 2.05) is 12.1 Å². The summed E-state index contributed by atoms with van der Waals surface area (Å²) in [5.41, 5.74) is 8.72. The maximum atomic E-state index is 8.97. The first-order valence-corrected chi connectivity index (χ1v) is 6.89. The molecule has 0 saturated carbocycles. The highest BCUT2D eigenvalue weighted by atomic mass is 16.4. The van der Waals surface area contributed by atoms with Gasteiger partial charge in [0.05, 0.1) is 11.8 Å². The van der Waals surface area contributed by atoms with Gasteiger partial charge in [-0.1, -0.05) is 23.4 Å². The van der Waals surface area contributed by atoms with Crippen LogP contribution in [0.25, 0.3) is 0 Å². The molecule has 0 aliphatic carbocycles. The van der Waals surface area contributed by atoms with Crippen LogP contribution >= 0.6 is 0 Å². The third-order valence-electron chi connectivity index (χ3n) is 3.84. The first kappa shape index (κ1) is 13.4. The van der Waals surface area contributed by atoms with Gasteiger partial charge in [-0.15, -0.1) is 5.10 Å². The van der Waals surface area contributed by atoms with Crippen LogP contribution in [0.1, 0.15) is 24.5 Å². The van der Waals surface area contributed by atoms with E-state index in [-0.39, 0.29) is 11.9 Å². The van der Waals surface area contributed by atoms with E-state index < -0.39 is 0 Å². The van der Waals surface area contributed by atoms with Gasteiger partial charge in [-0.25, -0.2) is 0 Å². The van der Waals surface area contributed by atoms with Gasteiger partial charge in [-0.05, 0) is 37.5 Å². The molecule has 1 aromatic carbocycles. The summed E-state index contributed by atoms with van der Waals surface area (Å²) >= 11 is 0. The summed E-state index contributed by atoms with van der Waals surface area (Å²) in [6.45, 7) is 2.14. The van der Waals surface area contributed by atoms with Crippen LogP contribution in [0.2, 0.25) is 0 Å². The van der Waals surface area contributed by atoms with Gasteiger partial charge in [0.1, 0.15) is 0 Å².